The number of ketones is 1. The molecule has 12 heteroatoms. The summed E-state index contributed by atoms with van der Waals surface area (Å²) >= 11 is 0. The van der Waals surface area contributed by atoms with Gasteiger partial charge < -0.3 is 30.9 Å². The molecule has 0 spiro atoms. The highest BCUT2D eigenvalue weighted by Crippen LogP contribution is 2.65. The van der Waals surface area contributed by atoms with Gasteiger partial charge in [-0.2, -0.15) is 0 Å². The lowest BCUT2D eigenvalue weighted by molar-refractivity contribution is -0.145. The monoisotopic (exact) mass is 653 g/mol. The molecule has 1 aromatic rings. The molecule has 12 nitrogen and oxygen atoms in total. The van der Waals surface area contributed by atoms with Crippen molar-refractivity contribution in [3.63, 3.8) is 0 Å². The van der Waals surface area contributed by atoms with Crippen LogP contribution in [0.3, 0.4) is 0 Å². The predicted molar refractivity (Wildman–Crippen MR) is 177 cm³/mol. The number of piperidine rings is 1. The number of nitrogens with one attached hydrogen (secondary N) is 4. The Morgan fingerprint density at radius 2 is 1.64 bits per heavy atom. The van der Waals surface area contributed by atoms with E-state index in [4.69, 9.17) is 4.74 Å². The molecular formula is C35H51N5O7. The van der Waals surface area contributed by atoms with E-state index in [9.17, 15) is 28.8 Å². The van der Waals surface area contributed by atoms with Crippen LogP contribution >= 0.6 is 0 Å². The number of hydrogen-bond donors (Lipinski definition) is 4. The fraction of sp³-hybridized carbons (Fsp3) is 0.600. The lowest BCUT2D eigenvalue weighted by Gasteiger charge is -2.38. The summed E-state index contributed by atoms with van der Waals surface area (Å²) in [5, 5.41) is 10.5. The fourth-order valence-corrected chi connectivity index (χ4v) is 6.13. The lowest BCUT2D eigenvalue weighted by atomic mass is 9.85. The number of benzene rings is 1. The van der Waals surface area contributed by atoms with E-state index < -0.39 is 71.2 Å². The van der Waals surface area contributed by atoms with Crippen LogP contribution < -0.4 is 21.3 Å². The number of carbonyl (C=O) groups is 6. The fourth-order valence-electron chi connectivity index (χ4n) is 6.13. The van der Waals surface area contributed by atoms with Gasteiger partial charge in [-0.05, 0) is 61.8 Å². The third-order valence-electron chi connectivity index (χ3n) is 8.79. The Labute approximate surface area is 277 Å². The Hall–Kier alpha value is -4.22. The SMILES string of the molecule is C=CCCC(NC(=O)C1C2C(CN1C(=O)C(NC(=O)OC(C)(C)C)C(C)(C)C)C2(C)C)C(=O)C(=O)NCC(=O)NCc1ccccc1. The van der Waals surface area contributed by atoms with Gasteiger partial charge in [0.25, 0.3) is 5.91 Å². The first kappa shape index (κ1) is 37.2. The first-order valence-electron chi connectivity index (χ1n) is 16.1. The third kappa shape index (κ3) is 9.65. The van der Waals surface area contributed by atoms with E-state index in [1.54, 1.807) is 26.8 Å². The van der Waals surface area contributed by atoms with Crippen molar-refractivity contribution in [3.8, 4) is 0 Å². The highest BCUT2D eigenvalue weighted by atomic mass is 16.6. The van der Waals surface area contributed by atoms with Crippen LogP contribution in [0.15, 0.2) is 43.0 Å². The molecule has 47 heavy (non-hydrogen) atoms. The summed E-state index contributed by atoms with van der Waals surface area (Å²) in [6.07, 6.45) is 1.26. The molecule has 1 heterocycles. The number of fused-ring (bicyclic) bond motifs is 1. The number of ether oxygens (including phenoxy) is 1. The van der Waals surface area contributed by atoms with Gasteiger partial charge in [0, 0.05) is 13.1 Å². The van der Waals surface area contributed by atoms with E-state index in [0.717, 1.165) is 5.56 Å². The normalized spacial score (nSPS) is 20.9. The highest BCUT2D eigenvalue weighted by molar-refractivity contribution is 6.38. The number of likely N-dealkylation sites (tertiary alicyclic amines) is 1. The van der Waals surface area contributed by atoms with Crippen LogP contribution in [0.2, 0.25) is 0 Å². The van der Waals surface area contributed by atoms with Gasteiger partial charge in [0.2, 0.25) is 23.5 Å². The van der Waals surface area contributed by atoms with Crippen molar-refractivity contribution in [2.24, 2.45) is 22.7 Å². The molecule has 0 aromatic heterocycles. The minimum Gasteiger partial charge on any atom is -0.444 e. The van der Waals surface area contributed by atoms with Gasteiger partial charge in [-0.25, -0.2) is 4.79 Å². The zero-order chi connectivity index (χ0) is 35.3. The van der Waals surface area contributed by atoms with Gasteiger partial charge in [0.15, 0.2) is 0 Å². The molecule has 5 unspecified atom stereocenters. The summed E-state index contributed by atoms with van der Waals surface area (Å²) in [7, 11) is 0. The molecule has 1 aliphatic heterocycles. The number of hydrogen-bond acceptors (Lipinski definition) is 7. The van der Waals surface area contributed by atoms with E-state index in [0.29, 0.717) is 13.0 Å². The van der Waals surface area contributed by atoms with Gasteiger partial charge in [-0.1, -0.05) is 71.0 Å². The summed E-state index contributed by atoms with van der Waals surface area (Å²) in [6.45, 7) is 18.5. The maximum atomic E-state index is 14.1. The van der Waals surface area contributed by atoms with Crippen molar-refractivity contribution in [2.45, 2.75) is 98.5 Å². The topological polar surface area (TPSA) is 163 Å². The van der Waals surface area contributed by atoms with E-state index in [2.05, 4.69) is 27.8 Å². The highest BCUT2D eigenvalue weighted by Gasteiger charge is 2.70. The van der Waals surface area contributed by atoms with Gasteiger partial charge >= 0.3 is 6.09 Å². The van der Waals surface area contributed by atoms with Crippen molar-refractivity contribution in [1.29, 1.82) is 0 Å². The Morgan fingerprint density at radius 3 is 2.21 bits per heavy atom. The first-order valence-corrected chi connectivity index (χ1v) is 16.1. The summed E-state index contributed by atoms with van der Waals surface area (Å²) in [4.78, 5) is 80.7. The standard InChI is InChI=1S/C35H51N5O7/c1-10-11-17-23(27(42)30(44)37-19-24(41)36-18-21-15-13-12-14-16-21)38-29(43)26-25-22(35(25,8)9)20-40(26)31(45)28(33(2,3)4)39-32(46)47-34(5,6)7/h10,12-16,22-23,25-26,28H,1,11,17-20H2,2-9H3,(H,36,41)(H,37,44)(H,38,43)(H,39,46). The molecule has 3 rings (SSSR count). The number of allylic oxidation sites excluding steroid dienone is 1. The molecule has 1 saturated carbocycles. The summed E-state index contributed by atoms with van der Waals surface area (Å²) in [6, 6.07) is 6.12. The van der Waals surface area contributed by atoms with Crippen LogP contribution in [0.25, 0.3) is 0 Å². The van der Waals surface area contributed by atoms with Crippen molar-refractivity contribution >= 4 is 35.5 Å². The average Bonchev–Trinajstić information content (AvgIpc) is 3.29. The maximum Gasteiger partial charge on any atom is 0.408 e. The van der Waals surface area contributed by atoms with E-state index in [1.807, 2.05) is 65.0 Å². The number of nitrogens with zero attached hydrogens (tertiary/aromatic N) is 1. The van der Waals surface area contributed by atoms with Gasteiger partial charge in [-0.3, -0.25) is 24.0 Å². The molecule has 0 radical (unpaired) electrons. The minimum atomic E-state index is -1.20. The largest absolute Gasteiger partial charge is 0.444 e. The Morgan fingerprint density at radius 1 is 1.00 bits per heavy atom. The average molecular weight is 654 g/mol. The van der Waals surface area contributed by atoms with Crippen LogP contribution in [0.5, 0.6) is 0 Å². The van der Waals surface area contributed by atoms with Gasteiger partial charge in [0.05, 0.1) is 12.6 Å². The molecule has 2 aliphatic rings. The van der Waals surface area contributed by atoms with Crippen molar-refractivity contribution < 1.29 is 33.5 Å². The van der Waals surface area contributed by atoms with Crippen LogP contribution in [0.4, 0.5) is 4.79 Å². The van der Waals surface area contributed by atoms with Crippen molar-refractivity contribution in [3.05, 3.63) is 48.6 Å². The minimum absolute atomic E-state index is 0.0457. The second-order valence-electron chi connectivity index (χ2n) is 15.1. The zero-order valence-corrected chi connectivity index (χ0v) is 28.9. The summed E-state index contributed by atoms with van der Waals surface area (Å²) in [5.74, 6) is -3.50. The van der Waals surface area contributed by atoms with Crippen molar-refractivity contribution in [1.82, 2.24) is 26.2 Å². The molecule has 4 N–H and O–H groups in total. The van der Waals surface area contributed by atoms with Crippen LogP contribution in [0.1, 0.15) is 73.8 Å². The number of rotatable bonds is 13. The Kier molecular flexibility index (Phi) is 11.6. The molecule has 5 amide bonds. The summed E-state index contributed by atoms with van der Waals surface area (Å²) < 4.78 is 5.41. The van der Waals surface area contributed by atoms with Crippen molar-refractivity contribution in [2.75, 3.05) is 13.1 Å². The van der Waals surface area contributed by atoms with Crippen LogP contribution in [-0.2, 0) is 35.3 Å². The van der Waals surface area contributed by atoms with Gasteiger partial charge in [-0.15, -0.1) is 6.58 Å². The molecule has 0 bridgehead atoms. The van der Waals surface area contributed by atoms with Gasteiger partial charge in [0.1, 0.15) is 17.7 Å². The number of carbonyl (C=O) groups excluding carboxylic acids is 6. The number of Topliss-reactive ketones (excluding diaryl/α,β-unsaturated/α-hetero) is 1. The lowest BCUT2D eigenvalue weighted by Crippen LogP contribution is -2.60. The second kappa shape index (κ2) is 14.7. The third-order valence-corrected chi connectivity index (χ3v) is 8.79. The predicted octanol–water partition coefficient (Wildman–Crippen LogP) is 2.86. The Bertz CT molecular complexity index is 1360. The summed E-state index contributed by atoms with van der Waals surface area (Å²) in [5.41, 5.74) is -0.835. The molecular weight excluding hydrogens is 602 g/mol. The number of alkyl carbamates (subject to hydrolysis) is 1. The second-order valence-corrected chi connectivity index (χ2v) is 15.1. The van der Waals surface area contributed by atoms with Crippen LogP contribution in [0, 0.1) is 22.7 Å². The molecule has 1 aromatic carbocycles. The smallest absolute Gasteiger partial charge is 0.408 e. The van der Waals surface area contributed by atoms with E-state index in [1.165, 1.54) is 4.90 Å². The van der Waals surface area contributed by atoms with E-state index in [-0.39, 0.29) is 30.2 Å². The molecule has 1 aliphatic carbocycles. The van der Waals surface area contributed by atoms with E-state index >= 15 is 0 Å². The molecule has 5 atom stereocenters. The quantitative estimate of drug-likeness (QED) is 0.188. The first-order chi connectivity index (χ1) is 21.8. The molecule has 1 saturated heterocycles. The molecule has 258 valence electrons. The maximum absolute atomic E-state index is 14.1. The number of amides is 5. The molecule has 2 fully saturated rings. The van der Waals surface area contributed by atoms with Crippen LogP contribution in [-0.4, -0.2) is 77.2 Å². The Balaban J connectivity index is 1.73. The zero-order valence-electron chi connectivity index (χ0n) is 28.9.